The van der Waals surface area contributed by atoms with Crippen LogP contribution in [0.15, 0.2) is 36.7 Å². The Morgan fingerprint density at radius 3 is 2.41 bits per heavy atom. The molecule has 1 aliphatic rings. The van der Waals surface area contributed by atoms with Gasteiger partial charge in [0.2, 0.25) is 5.91 Å². The Morgan fingerprint density at radius 2 is 1.81 bits per heavy atom. The van der Waals surface area contributed by atoms with Gasteiger partial charge in [-0.25, -0.2) is 4.98 Å². The van der Waals surface area contributed by atoms with Crippen LogP contribution in [-0.2, 0) is 11.3 Å². The highest BCUT2D eigenvalue weighted by Gasteiger charge is 2.23. The van der Waals surface area contributed by atoms with Gasteiger partial charge in [-0.15, -0.1) is 0 Å². The van der Waals surface area contributed by atoms with Crippen LogP contribution in [0, 0.1) is 0 Å². The topological polar surface area (TPSA) is 70.5 Å². The standard InChI is InChI=1S/C18H21F2N5O2/c1-13(26)22-15-4-2-14(3-5-15)17(27)24-10-8-23(9-11-24)12-16-21-6-7-25(16)18(19)20/h2-7,18H,8-12H2,1H3,(H,22,26). The molecule has 2 aromatic rings. The molecule has 1 aromatic heterocycles. The molecular formula is C18H21F2N5O2. The molecule has 0 bridgehead atoms. The molecule has 1 aliphatic heterocycles. The second-order valence-corrected chi connectivity index (χ2v) is 6.36. The maximum Gasteiger partial charge on any atom is 0.319 e. The van der Waals surface area contributed by atoms with Gasteiger partial charge in [0.25, 0.3) is 5.91 Å². The number of hydrogen-bond donors (Lipinski definition) is 1. The molecule has 0 spiro atoms. The Hall–Kier alpha value is -2.81. The monoisotopic (exact) mass is 377 g/mol. The summed E-state index contributed by atoms with van der Waals surface area (Å²) in [7, 11) is 0. The first-order valence-electron chi connectivity index (χ1n) is 8.63. The van der Waals surface area contributed by atoms with E-state index in [-0.39, 0.29) is 11.8 Å². The van der Waals surface area contributed by atoms with Gasteiger partial charge in [0.15, 0.2) is 0 Å². The maximum absolute atomic E-state index is 12.9. The van der Waals surface area contributed by atoms with Gasteiger partial charge in [-0.2, -0.15) is 8.78 Å². The van der Waals surface area contributed by atoms with Crippen molar-refractivity contribution < 1.29 is 18.4 Å². The number of nitrogens with zero attached hydrogens (tertiary/aromatic N) is 4. The molecular weight excluding hydrogens is 356 g/mol. The lowest BCUT2D eigenvalue weighted by Gasteiger charge is -2.34. The number of carbonyl (C=O) groups excluding carboxylic acids is 2. The number of carbonyl (C=O) groups is 2. The van der Waals surface area contributed by atoms with E-state index < -0.39 is 6.55 Å². The van der Waals surface area contributed by atoms with E-state index in [9.17, 15) is 18.4 Å². The molecule has 9 heteroatoms. The third-order valence-electron chi connectivity index (χ3n) is 4.44. The number of anilines is 1. The number of rotatable bonds is 5. The lowest BCUT2D eigenvalue weighted by molar-refractivity contribution is -0.114. The van der Waals surface area contributed by atoms with Crippen molar-refractivity contribution >= 4 is 17.5 Å². The molecule has 0 saturated carbocycles. The lowest BCUT2D eigenvalue weighted by Crippen LogP contribution is -2.48. The molecule has 7 nitrogen and oxygen atoms in total. The molecule has 1 saturated heterocycles. The number of amides is 2. The predicted molar refractivity (Wildman–Crippen MR) is 95.4 cm³/mol. The average molecular weight is 377 g/mol. The maximum atomic E-state index is 12.9. The zero-order valence-corrected chi connectivity index (χ0v) is 14.9. The van der Waals surface area contributed by atoms with Crippen molar-refractivity contribution in [2.75, 3.05) is 31.5 Å². The van der Waals surface area contributed by atoms with Gasteiger partial charge >= 0.3 is 6.55 Å². The summed E-state index contributed by atoms with van der Waals surface area (Å²) < 4.78 is 26.6. The van der Waals surface area contributed by atoms with E-state index in [4.69, 9.17) is 0 Å². The first-order valence-corrected chi connectivity index (χ1v) is 8.63. The Bertz CT molecular complexity index is 798. The van der Waals surface area contributed by atoms with Crippen LogP contribution in [-0.4, -0.2) is 57.3 Å². The fourth-order valence-corrected chi connectivity index (χ4v) is 3.04. The van der Waals surface area contributed by atoms with Gasteiger partial charge in [0.1, 0.15) is 5.82 Å². The second-order valence-electron chi connectivity index (χ2n) is 6.36. The van der Waals surface area contributed by atoms with Gasteiger partial charge < -0.3 is 10.2 Å². The van der Waals surface area contributed by atoms with Crippen molar-refractivity contribution in [3.63, 3.8) is 0 Å². The normalized spacial score (nSPS) is 15.2. The Morgan fingerprint density at radius 1 is 1.15 bits per heavy atom. The summed E-state index contributed by atoms with van der Waals surface area (Å²) in [6, 6.07) is 6.74. The summed E-state index contributed by atoms with van der Waals surface area (Å²) in [4.78, 5) is 31.4. The predicted octanol–water partition coefficient (Wildman–Crippen LogP) is 2.19. The van der Waals surface area contributed by atoms with Gasteiger partial charge in [0, 0.05) is 56.7 Å². The quantitative estimate of drug-likeness (QED) is 0.867. The van der Waals surface area contributed by atoms with Crippen molar-refractivity contribution in [1.29, 1.82) is 0 Å². The van der Waals surface area contributed by atoms with Crippen molar-refractivity contribution in [1.82, 2.24) is 19.4 Å². The Labute approximate surface area is 155 Å². The molecule has 3 rings (SSSR count). The van der Waals surface area contributed by atoms with Crippen LogP contribution in [0.5, 0.6) is 0 Å². The van der Waals surface area contributed by atoms with Crippen molar-refractivity contribution in [3.05, 3.63) is 48.0 Å². The van der Waals surface area contributed by atoms with E-state index in [0.29, 0.717) is 49.8 Å². The van der Waals surface area contributed by atoms with Crippen molar-refractivity contribution in [3.8, 4) is 0 Å². The number of alkyl halides is 2. The van der Waals surface area contributed by atoms with E-state index in [1.165, 1.54) is 19.3 Å². The number of hydrogen-bond acceptors (Lipinski definition) is 4. The molecule has 1 N–H and O–H groups in total. The molecule has 2 amide bonds. The summed E-state index contributed by atoms with van der Waals surface area (Å²) in [5.41, 5.74) is 1.18. The summed E-state index contributed by atoms with van der Waals surface area (Å²) in [5, 5.41) is 2.66. The molecule has 0 atom stereocenters. The molecule has 2 heterocycles. The molecule has 0 radical (unpaired) electrons. The number of aromatic nitrogens is 2. The zero-order valence-electron chi connectivity index (χ0n) is 14.9. The minimum Gasteiger partial charge on any atom is -0.336 e. The molecule has 0 unspecified atom stereocenters. The molecule has 144 valence electrons. The van der Waals surface area contributed by atoms with E-state index in [1.54, 1.807) is 29.2 Å². The average Bonchev–Trinajstić information content (AvgIpc) is 3.10. The Kier molecular flexibility index (Phi) is 5.80. The highest BCUT2D eigenvalue weighted by molar-refractivity contribution is 5.95. The highest BCUT2D eigenvalue weighted by Crippen LogP contribution is 2.16. The summed E-state index contributed by atoms with van der Waals surface area (Å²) in [6.07, 6.45) is 2.64. The fourth-order valence-electron chi connectivity index (χ4n) is 3.04. The number of benzene rings is 1. The first kappa shape index (κ1) is 19.0. The van der Waals surface area contributed by atoms with Crippen LogP contribution in [0.3, 0.4) is 0 Å². The lowest BCUT2D eigenvalue weighted by atomic mass is 10.1. The van der Waals surface area contributed by atoms with Gasteiger partial charge in [-0.3, -0.25) is 19.1 Å². The third kappa shape index (κ3) is 4.68. The van der Waals surface area contributed by atoms with Crippen LogP contribution >= 0.6 is 0 Å². The number of piperazine rings is 1. The molecule has 0 aliphatic carbocycles. The number of halogens is 2. The molecule has 27 heavy (non-hydrogen) atoms. The largest absolute Gasteiger partial charge is 0.336 e. The van der Waals surface area contributed by atoms with E-state index >= 15 is 0 Å². The smallest absolute Gasteiger partial charge is 0.319 e. The van der Waals surface area contributed by atoms with Crippen LogP contribution in [0.1, 0.15) is 29.7 Å². The molecule has 1 fully saturated rings. The Balaban J connectivity index is 1.54. The summed E-state index contributed by atoms with van der Waals surface area (Å²) in [5.74, 6) is 0.0640. The third-order valence-corrected chi connectivity index (χ3v) is 4.44. The summed E-state index contributed by atoms with van der Waals surface area (Å²) in [6.45, 7) is 1.35. The van der Waals surface area contributed by atoms with Crippen LogP contribution in [0.2, 0.25) is 0 Å². The van der Waals surface area contributed by atoms with Gasteiger partial charge in [0.05, 0.1) is 6.54 Å². The number of imidazole rings is 1. The van der Waals surface area contributed by atoms with Crippen LogP contribution < -0.4 is 5.32 Å². The first-order chi connectivity index (χ1) is 12.9. The van der Waals surface area contributed by atoms with Crippen molar-refractivity contribution in [2.45, 2.75) is 20.0 Å². The second kappa shape index (κ2) is 8.26. The minimum absolute atomic E-state index is 0.0851. The number of nitrogens with one attached hydrogen (secondary N) is 1. The highest BCUT2D eigenvalue weighted by atomic mass is 19.3. The van der Waals surface area contributed by atoms with E-state index in [2.05, 4.69) is 10.3 Å². The minimum atomic E-state index is -2.61. The van der Waals surface area contributed by atoms with Crippen LogP contribution in [0.25, 0.3) is 0 Å². The van der Waals surface area contributed by atoms with E-state index in [1.807, 2.05) is 4.90 Å². The van der Waals surface area contributed by atoms with Gasteiger partial charge in [-0.05, 0) is 24.3 Å². The van der Waals surface area contributed by atoms with Crippen LogP contribution in [0.4, 0.5) is 14.5 Å². The summed E-state index contributed by atoms with van der Waals surface area (Å²) >= 11 is 0. The van der Waals surface area contributed by atoms with Crippen molar-refractivity contribution in [2.24, 2.45) is 0 Å². The molecule has 1 aromatic carbocycles. The SMILES string of the molecule is CC(=O)Nc1ccc(C(=O)N2CCN(Cc3nccn3C(F)F)CC2)cc1. The van der Waals surface area contributed by atoms with E-state index in [0.717, 1.165) is 4.57 Å². The fraction of sp³-hybridized carbons (Fsp3) is 0.389. The van der Waals surface area contributed by atoms with Gasteiger partial charge in [-0.1, -0.05) is 0 Å². The zero-order chi connectivity index (χ0) is 19.4.